The van der Waals surface area contributed by atoms with Crippen molar-refractivity contribution in [2.24, 2.45) is 5.73 Å². The maximum atomic E-state index is 6.22. The molecule has 1 aromatic heterocycles. The highest BCUT2D eigenvalue weighted by Crippen LogP contribution is 2.39. The van der Waals surface area contributed by atoms with Gasteiger partial charge in [-0.25, -0.2) is 0 Å². The Labute approximate surface area is 192 Å². The number of fused-ring (bicyclic) bond motifs is 5. The van der Waals surface area contributed by atoms with Crippen LogP contribution in [0, 0.1) is 0 Å². The van der Waals surface area contributed by atoms with Gasteiger partial charge in [0.05, 0.1) is 0 Å². The summed E-state index contributed by atoms with van der Waals surface area (Å²) in [6, 6.07) is 28.6. The van der Waals surface area contributed by atoms with Crippen molar-refractivity contribution in [1.29, 1.82) is 0 Å². The minimum Gasteiger partial charge on any atom is -0.488 e. The third kappa shape index (κ3) is 3.48. The predicted molar refractivity (Wildman–Crippen MR) is 136 cm³/mol. The molecule has 0 fully saturated rings. The van der Waals surface area contributed by atoms with E-state index in [2.05, 4.69) is 66.0 Å². The lowest BCUT2D eigenvalue weighted by Crippen LogP contribution is -2.27. The zero-order valence-electron chi connectivity index (χ0n) is 17.9. The molecule has 0 spiro atoms. The quantitative estimate of drug-likeness (QED) is 0.305. The third-order valence-electron chi connectivity index (χ3n) is 6.60. The normalized spacial score (nSPS) is 15.7. The summed E-state index contributed by atoms with van der Waals surface area (Å²) in [5, 5.41) is 7.45. The molecule has 0 saturated heterocycles. The summed E-state index contributed by atoms with van der Waals surface area (Å²) >= 11 is 1.74. The largest absolute Gasteiger partial charge is 0.488 e. The van der Waals surface area contributed by atoms with E-state index >= 15 is 0 Å². The molecule has 3 heteroatoms. The molecule has 4 aromatic carbocycles. The van der Waals surface area contributed by atoms with E-state index in [1.54, 1.807) is 11.3 Å². The van der Waals surface area contributed by atoms with Crippen LogP contribution in [0.3, 0.4) is 0 Å². The first kappa shape index (κ1) is 19.5. The molecule has 0 saturated carbocycles. The van der Waals surface area contributed by atoms with E-state index < -0.39 is 0 Å². The van der Waals surface area contributed by atoms with Crippen LogP contribution >= 0.6 is 11.3 Å². The number of hydrogen-bond acceptors (Lipinski definition) is 3. The molecule has 0 bridgehead atoms. The van der Waals surface area contributed by atoms with E-state index in [0.29, 0.717) is 12.6 Å². The fourth-order valence-electron chi connectivity index (χ4n) is 4.97. The Hall–Kier alpha value is -3.14. The van der Waals surface area contributed by atoms with Crippen molar-refractivity contribution in [2.45, 2.75) is 31.9 Å². The average Bonchev–Trinajstić information content (AvgIpc) is 3.31. The summed E-state index contributed by atoms with van der Waals surface area (Å²) in [4.78, 5) is 1.24. The number of benzene rings is 4. The van der Waals surface area contributed by atoms with Crippen molar-refractivity contribution >= 4 is 32.9 Å². The van der Waals surface area contributed by atoms with Crippen molar-refractivity contribution < 1.29 is 4.74 Å². The van der Waals surface area contributed by atoms with Gasteiger partial charge in [-0.2, -0.15) is 0 Å². The monoisotopic (exact) mass is 435 g/mol. The second-order valence-electron chi connectivity index (χ2n) is 8.69. The molecule has 1 aliphatic rings. The van der Waals surface area contributed by atoms with Gasteiger partial charge in [0.1, 0.15) is 12.4 Å². The van der Waals surface area contributed by atoms with Gasteiger partial charge in [0.2, 0.25) is 0 Å². The van der Waals surface area contributed by atoms with Gasteiger partial charge in [-0.15, -0.1) is 11.3 Å². The summed E-state index contributed by atoms with van der Waals surface area (Å²) in [6.45, 7) is 0.589. The first-order chi connectivity index (χ1) is 15.8. The average molecular weight is 436 g/mol. The number of thiophene rings is 1. The van der Waals surface area contributed by atoms with Crippen LogP contribution in [0.15, 0.2) is 84.2 Å². The van der Waals surface area contributed by atoms with Crippen molar-refractivity contribution in [3.8, 4) is 16.2 Å². The molecular formula is C29H25NOS. The smallest absolute Gasteiger partial charge is 0.131 e. The summed E-state index contributed by atoms with van der Waals surface area (Å²) in [5.41, 5.74) is 11.6. The van der Waals surface area contributed by atoms with Gasteiger partial charge in [-0.05, 0) is 69.1 Å². The van der Waals surface area contributed by atoms with E-state index in [1.165, 1.54) is 48.7 Å². The SMILES string of the molecule is NC1CCc2c(ccc3c2ccc2c(-c4cc(OCc5ccccc5)cs4)cccc23)C1. The molecule has 1 atom stereocenters. The zero-order chi connectivity index (χ0) is 21.5. The molecule has 1 unspecified atom stereocenters. The Morgan fingerprint density at radius 2 is 1.66 bits per heavy atom. The molecule has 2 N–H and O–H groups in total. The molecule has 6 rings (SSSR count). The van der Waals surface area contributed by atoms with Gasteiger partial charge >= 0.3 is 0 Å². The standard InChI is InChI=1S/C29H25NOS/c30-21-10-12-23-20(15-21)9-11-26-24-7-4-8-28(27(24)14-13-25(23)26)29-16-22(18-32-29)31-17-19-5-2-1-3-6-19/h1-9,11,13-14,16,18,21H,10,12,15,17,30H2. The molecule has 0 amide bonds. The Morgan fingerprint density at radius 1 is 0.844 bits per heavy atom. The predicted octanol–water partition coefficient (Wildman–Crippen LogP) is 7.12. The first-order valence-corrected chi connectivity index (χ1v) is 12.1. The second kappa shape index (κ2) is 8.09. The van der Waals surface area contributed by atoms with Crippen molar-refractivity contribution in [2.75, 3.05) is 0 Å². The maximum Gasteiger partial charge on any atom is 0.131 e. The lowest BCUT2D eigenvalue weighted by atomic mass is 9.84. The van der Waals surface area contributed by atoms with Gasteiger partial charge < -0.3 is 10.5 Å². The molecule has 158 valence electrons. The number of hydrogen-bond donors (Lipinski definition) is 1. The molecule has 32 heavy (non-hydrogen) atoms. The van der Waals surface area contributed by atoms with Crippen LogP contribution < -0.4 is 10.5 Å². The highest BCUT2D eigenvalue weighted by molar-refractivity contribution is 7.14. The van der Waals surface area contributed by atoms with Gasteiger partial charge in [-0.1, -0.05) is 72.8 Å². The molecule has 1 heterocycles. The van der Waals surface area contributed by atoms with Crippen LogP contribution in [0.4, 0.5) is 0 Å². The summed E-state index contributed by atoms with van der Waals surface area (Å²) < 4.78 is 6.05. The summed E-state index contributed by atoms with van der Waals surface area (Å²) in [5.74, 6) is 0.928. The summed E-state index contributed by atoms with van der Waals surface area (Å²) in [6.07, 6.45) is 3.14. The topological polar surface area (TPSA) is 35.2 Å². The number of nitrogens with two attached hydrogens (primary N) is 1. The van der Waals surface area contributed by atoms with Crippen LogP contribution in [-0.2, 0) is 19.4 Å². The Balaban J connectivity index is 1.37. The van der Waals surface area contributed by atoms with Gasteiger partial charge in [-0.3, -0.25) is 0 Å². The van der Waals surface area contributed by atoms with Crippen LogP contribution in [0.1, 0.15) is 23.1 Å². The van der Waals surface area contributed by atoms with Crippen molar-refractivity contribution in [3.63, 3.8) is 0 Å². The van der Waals surface area contributed by atoms with Gasteiger partial charge in [0.15, 0.2) is 0 Å². The second-order valence-corrected chi connectivity index (χ2v) is 9.60. The van der Waals surface area contributed by atoms with Crippen LogP contribution in [0.25, 0.3) is 32.0 Å². The van der Waals surface area contributed by atoms with E-state index in [1.807, 2.05) is 18.2 Å². The van der Waals surface area contributed by atoms with Gasteiger partial charge in [0, 0.05) is 16.3 Å². The minimum absolute atomic E-state index is 0.296. The first-order valence-electron chi connectivity index (χ1n) is 11.2. The maximum absolute atomic E-state index is 6.22. The minimum atomic E-state index is 0.296. The van der Waals surface area contributed by atoms with Crippen molar-refractivity contribution in [1.82, 2.24) is 0 Å². The zero-order valence-corrected chi connectivity index (χ0v) is 18.7. The van der Waals surface area contributed by atoms with E-state index in [0.717, 1.165) is 25.0 Å². The Bertz CT molecular complexity index is 1420. The third-order valence-corrected chi connectivity index (χ3v) is 7.55. The fraction of sp³-hybridized carbons (Fsp3) is 0.172. The molecule has 1 aliphatic carbocycles. The van der Waals surface area contributed by atoms with E-state index in [-0.39, 0.29) is 0 Å². The van der Waals surface area contributed by atoms with Gasteiger partial charge in [0.25, 0.3) is 0 Å². The molecule has 5 aromatic rings. The van der Waals surface area contributed by atoms with Crippen LogP contribution in [0.5, 0.6) is 5.75 Å². The molecule has 2 nitrogen and oxygen atoms in total. The molecule has 0 radical (unpaired) electrons. The van der Waals surface area contributed by atoms with Crippen molar-refractivity contribution in [3.05, 3.63) is 101 Å². The fourth-order valence-corrected chi connectivity index (χ4v) is 5.84. The summed E-state index contributed by atoms with van der Waals surface area (Å²) in [7, 11) is 0. The van der Waals surface area contributed by atoms with Crippen LogP contribution in [-0.4, -0.2) is 6.04 Å². The highest BCUT2D eigenvalue weighted by atomic mass is 32.1. The number of aryl methyl sites for hydroxylation is 1. The lowest BCUT2D eigenvalue weighted by Gasteiger charge is -2.23. The Morgan fingerprint density at radius 3 is 2.56 bits per heavy atom. The van der Waals surface area contributed by atoms with E-state index in [4.69, 9.17) is 10.5 Å². The number of ether oxygens (including phenoxy) is 1. The van der Waals surface area contributed by atoms with E-state index in [9.17, 15) is 0 Å². The Kier molecular flexibility index (Phi) is 4.94. The lowest BCUT2D eigenvalue weighted by molar-refractivity contribution is 0.307. The van der Waals surface area contributed by atoms with Crippen LogP contribution in [0.2, 0.25) is 0 Å². The highest BCUT2D eigenvalue weighted by Gasteiger charge is 2.18. The molecule has 0 aliphatic heterocycles. The number of rotatable bonds is 4. The molecular weight excluding hydrogens is 410 g/mol.